The van der Waals surface area contributed by atoms with E-state index in [2.05, 4.69) is 6.58 Å². The first-order valence-electron chi connectivity index (χ1n) is 6.80. The molecule has 0 spiro atoms. The molecule has 0 N–H and O–H groups in total. The Kier molecular flexibility index (Phi) is 3.62. The van der Waals surface area contributed by atoms with Crippen LogP contribution in [-0.2, 0) is 9.53 Å². The van der Waals surface area contributed by atoms with Crippen LogP contribution in [0.25, 0.3) is 10.8 Å². The largest absolute Gasteiger partial charge is 0.490 e. The lowest BCUT2D eigenvalue weighted by Crippen LogP contribution is -2.07. The van der Waals surface area contributed by atoms with Crippen molar-refractivity contribution in [1.29, 1.82) is 0 Å². The second-order valence-corrected chi connectivity index (χ2v) is 4.96. The fraction of sp³-hybridized carbons (Fsp3) is 0.235. The van der Waals surface area contributed by atoms with E-state index < -0.39 is 5.97 Å². The number of benzene rings is 2. The van der Waals surface area contributed by atoms with E-state index >= 15 is 0 Å². The number of epoxide rings is 1. The number of hydrogen-bond acceptors (Lipinski definition) is 4. The van der Waals surface area contributed by atoms with E-state index in [1.807, 2.05) is 37.3 Å². The van der Waals surface area contributed by atoms with E-state index in [0.717, 1.165) is 34.8 Å². The van der Waals surface area contributed by atoms with Gasteiger partial charge in [0.25, 0.3) is 0 Å². The second-order valence-electron chi connectivity index (χ2n) is 4.96. The molecule has 1 atom stereocenters. The minimum atomic E-state index is -0.469. The minimum Gasteiger partial charge on any atom is -0.490 e. The van der Waals surface area contributed by atoms with Crippen LogP contribution in [0.2, 0.25) is 0 Å². The summed E-state index contributed by atoms with van der Waals surface area (Å²) in [4.78, 5) is 11.5. The SMILES string of the molecule is C=CC(=O)Oc1c(C)cc(OCC2CO2)c2ccccc12. The third kappa shape index (κ3) is 2.90. The predicted molar refractivity (Wildman–Crippen MR) is 79.8 cm³/mol. The molecule has 0 bridgehead atoms. The fourth-order valence-corrected chi connectivity index (χ4v) is 2.19. The molecule has 1 fully saturated rings. The standard InChI is InChI=1S/C17H16O4/c1-3-16(18)21-17-11(2)8-15(20-10-12-9-19-12)13-6-4-5-7-14(13)17/h3-8,12H,1,9-10H2,2H3. The van der Waals surface area contributed by atoms with E-state index in [1.165, 1.54) is 0 Å². The zero-order valence-electron chi connectivity index (χ0n) is 11.8. The van der Waals surface area contributed by atoms with Crippen LogP contribution in [0.4, 0.5) is 0 Å². The summed E-state index contributed by atoms with van der Waals surface area (Å²) >= 11 is 0. The maximum atomic E-state index is 11.5. The number of fused-ring (bicyclic) bond motifs is 1. The highest BCUT2D eigenvalue weighted by atomic mass is 16.6. The van der Waals surface area contributed by atoms with Crippen molar-refractivity contribution >= 4 is 16.7 Å². The zero-order valence-corrected chi connectivity index (χ0v) is 11.8. The zero-order chi connectivity index (χ0) is 14.8. The van der Waals surface area contributed by atoms with Crippen LogP contribution in [0.15, 0.2) is 43.0 Å². The Morgan fingerprint density at radius 1 is 1.43 bits per heavy atom. The topological polar surface area (TPSA) is 48.1 Å². The molecule has 1 aliphatic rings. The van der Waals surface area contributed by atoms with Gasteiger partial charge in [0.15, 0.2) is 0 Å². The van der Waals surface area contributed by atoms with Crippen molar-refractivity contribution in [2.75, 3.05) is 13.2 Å². The summed E-state index contributed by atoms with van der Waals surface area (Å²) in [6, 6.07) is 9.58. The monoisotopic (exact) mass is 284 g/mol. The fourth-order valence-electron chi connectivity index (χ4n) is 2.19. The van der Waals surface area contributed by atoms with Gasteiger partial charge in [-0.3, -0.25) is 0 Å². The molecule has 0 aromatic heterocycles. The average Bonchev–Trinajstić information content (AvgIpc) is 3.32. The van der Waals surface area contributed by atoms with Gasteiger partial charge in [0, 0.05) is 16.8 Å². The Balaban J connectivity index is 2.03. The summed E-state index contributed by atoms with van der Waals surface area (Å²) in [5, 5.41) is 1.76. The Morgan fingerprint density at radius 3 is 2.81 bits per heavy atom. The lowest BCUT2D eigenvalue weighted by atomic mass is 10.0. The highest BCUT2D eigenvalue weighted by Crippen LogP contribution is 2.36. The van der Waals surface area contributed by atoms with Gasteiger partial charge in [-0.2, -0.15) is 0 Å². The normalized spacial score (nSPS) is 16.5. The quantitative estimate of drug-likeness (QED) is 0.366. The molecule has 1 aliphatic heterocycles. The predicted octanol–water partition coefficient (Wildman–Crippen LogP) is 3.02. The molecule has 1 saturated heterocycles. The second kappa shape index (κ2) is 5.58. The van der Waals surface area contributed by atoms with Gasteiger partial charge in [0.05, 0.1) is 6.61 Å². The van der Waals surface area contributed by atoms with Gasteiger partial charge in [0.1, 0.15) is 24.2 Å². The van der Waals surface area contributed by atoms with Crippen molar-refractivity contribution in [3.63, 3.8) is 0 Å². The van der Waals surface area contributed by atoms with Crippen LogP contribution >= 0.6 is 0 Å². The number of hydrogen-bond donors (Lipinski definition) is 0. The molecule has 2 aromatic rings. The number of ether oxygens (including phenoxy) is 3. The summed E-state index contributed by atoms with van der Waals surface area (Å²) in [6.45, 7) is 6.61. The van der Waals surface area contributed by atoms with Gasteiger partial charge in [-0.05, 0) is 18.6 Å². The molecule has 1 heterocycles. The van der Waals surface area contributed by atoms with Gasteiger partial charge in [-0.15, -0.1) is 0 Å². The molecule has 0 saturated carbocycles. The molecule has 0 amide bonds. The lowest BCUT2D eigenvalue weighted by molar-refractivity contribution is -0.128. The van der Waals surface area contributed by atoms with Crippen LogP contribution in [0.3, 0.4) is 0 Å². The van der Waals surface area contributed by atoms with Crippen molar-refractivity contribution < 1.29 is 19.0 Å². The number of esters is 1. The Morgan fingerprint density at radius 2 is 2.14 bits per heavy atom. The third-order valence-electron chi connectivity index (χ3n) is 3.34. The third-order valence-corrected chi connectivity index (χ3v) is 3.34. The molecule has 4 heteroatoms. The summed E-state index contributed by atoms with van der Waals surface area (Å²) < 4.78 is 16.3. The highest BCUT2D eigenvalue weighted by molar-refractivity contribution is 5.97. The number of rotatable bonds is 5. The summed E-state index contributed by atoms with van der Waals surface area (Å²) in [7, 11) is 0. The van der Waals surface area contributed by atoms with Gasteiger partial charge < -0.3 is 14.2 Å². The van der Waals surface area contributed by atoms with Crippen molar-refractivity contribution in [1.82, 2.24) is 0 Å². The van der Waals surface area contributed by atoms with Crippen LogP contribution in [0.1, 0.15) is 5.56 Å². The Labute approximate surface area is 122 Å². The lowest BCUT2D eigenvalue weighted by Gasteiger charge is -2.14. The maximum Gasteiger partial charge on any atom is 0.335 e. The van der Waals surface area contributed by atoms with Gasteiger partial charge in [-0.1, -0.05) is 30.8 Å². The van der Waals surface area contributed by atoms with E-state index in [0.29, 0.717) is 12.4 Å². The van der Waals surface area contributed by atoms with Gasteiger partial charge in [0.2, 0.25) is 0 Å². The van der Waals surface area contributed by atoms with Crippen molar-refractivity contribution in [2.24, 2.45) is 0 Å². The van der Waals surface area contributed by atoms with Crippen molar-refractivity contribution in [2.45, 2.75) is 13.0 Å². The molecule has 3 rings (SSSR count). The van der Waals surface area contributed by atoms with Crippen LogP contribution in [0.5, 0.6) is 11.5 Å². The van der Waals surface area contributed by atoms with Crippen LogP contribution in [0, 0.1) is 6.92 Å². The van der Waals surface area contributed by atoms with E-state index in [9.17, 15) is 4.79 Å². The first-order chi connectivity index (χ1) is 10.2. The summed E-state index contributed by atoms with van der Waals surface area (Å²) in [6.07, 6.45) is 1.35. The van der Waals surface area contributed by atoms with Crippen LogP contribution in [-0.4, -0.2) is 25.3 Å². The minimum absolute atomic E-state index is 0.197. The van der Waals surface area contributed by atoms with E-state index in [4.69, 9.17) is 14.2 Å². The van der Waals surface area contributed by atoms with E-state index in [1.54, 1.807) is 0 Å². The number of carbonyl (C=O) groups is 1. The molecule has 4 nitrogen and oxygen atoms in total. The maximum absolute atomic E-state index is 11.5. The average molecular weight is 284 g/mol. The first kappa shape index (κ1) is 13.6. The number of aryl methyl sites for hydroxylation is 1. The summed E-state index contributed by atoms with van der Waals surface area (Å²) in [5.74, 6) is 0.853. The Hall–Kier alpha value is -2.33. The Bertz CT molecular complexity index is 701. The molecule has 0 radical (unpaired) electrons. The molecule has 21 heavy (non-hydrogen) atoms. The molecule has 0 aliphatic carbocycles. The van der Waals surface area contributed by atoms with E-state index in [-0.39, 0.29) is 6.10 Å². The molecule has 1 unspecified atom stereocenters. The first-order valence-corrected chi connectivity index (χ1v) is 6.80. The number of carbonyl (C=O) groups excluding carboxylic acids is 1. The van der Waals surface area contributed by atoms with Gasteiger partial charge >= 0.3 is 5.97 Å². The highest BCUT2D eigenvalue weighted by Gasteiger charge is 2.24. The smallest absolute Gasteiger partial charge is 0.335 e. The summed E-state index contributed by atoms with van der Waals surface area (Å²) in [5.41, 5.74) is 0.843. The molecular formula is C17H16O4. The van der Waals surface area contributed by atoms with Crippen LogP contribution < -0.4 is 9.47 Å². The van der Waals surface area contributed by atoms with Crippen molar-refractivity contribution in [3.05, 3.63) is 48.6 Å². The molecule has 108 valence electrons. The van der Waals surface area contributed by atoms with Crippen molar-refractivity contribution in [3.8, 4) is 11.5 Å². The molecule has 2 aromatic carbocycles. The van der Waals surface area contributed by atoms with Gasteiger partial charge in [-0.25, -0.2) is 4.79 Å². The molecular weight excluding hydrogens is 268 g/mol.